The smallest absolute Gasteiger partial charge is 0.209 e. The van der Waals surface area contributed by atoms with E-state index >= 15 is 0 Å². The zero-order valence-corrected chi connectivity index (χ0v) is 13.0. The highest BCUT2D eigenvalue weighted by Gasteiger charge is 2.63. The van der Waals surface area contributed by atoms with Gasteiger partial charge < -0.3 is 0 Å². The van der Waals surface area contributed by atoms with E-state index in [1.165, 1.54) is 0 Å². The first kappa shape index (κ1) is 16.4. The van der Waals surface area contributed by atoms with E-state index in [0.29, 0.717) is 16.9 Å². The van der Waals surface area contributed by atoms with Gasteiger partial charge in [0, 0.05) is 0 Å². The molecule has 1 aromatic rings. The van der Waals surface area contributed by atoms with Gasteiger partial charge in [-0.05, 0) is 54.2 Å². The van der Waals surface area contributed by atoms with E-state index in [1.807, 2.05) is 0 Å². The second-order valence-electron chi connectivity index (χ2n) is 5.81. The van der Waals surface area contributed by atoms with Gasteiger partial charge in [0.1, 0.15) is 0 Å². The number of hydrogen-bond acceptors (Lipinski definition) is 1. The zero-order valence-electron chi connectivity index (χ0n) is 12.2. The SMILES string of the molecule is C=C(C)S[C@@]1(C(F)F)CC1C(C)c1cc(C)cc(F)c1F. The normalized spacial score (nSPS) is 26.0. The van der Waals surface area contributed by atoms with Gasteiger partial charge in [0.05, 0.1) is 4.75 Å². The third kappa shape index (κ3) is 2.98. The minimum absolute atomic E-state index is 0.183. The van der Waals surface area contributed by atoms with Gasteiger partial charge in [-0.1, -0.05) is 19.6 Å². The molecular weight excluding hydrogens is 300 g/mol. The third-order valence-corrected chi connectivity index (χ3v) is 5.41. The molecule has 0 bridgehead atoms. The second-order valence-corrected chi connectivity index (χ2v) is 7.47. The molecule has 0 N–H and O–H groups in total. The Morgan fingerprint density at radius 1 is 1.38 bits per heavy atom. The molecular formula is C16H18F4S. The number of thioether (sulfide) groups is 1. The maximum Gasteiger partial charge on any atom is 0.253 e. The third-order valence-electron chi connectivity index (χ3n) is 4.03. The van der Waals surface area contributed by atoms with Crippen molar-refractivity contribution >= 4 is 11.8 Å². The standard InChI is InChI=1S/C16H18F4S/c1-8(2)21-16(15(19)20)7-12(16)10(4)11-5-9(3)6-13(17)14(11)18/h5-6,10,12,15H,1,7H2,2-4H3/t10?,12?,16-/m0/s1. The lowest BCUT2D eigenvalue weighted by molar-refractivity contribution is 0.129. The largest absolute Gasteiger partial charge is 0.253 e. The molecule has 0 amide bonds. The van der Waals surface area contributed by atoms with Crippen LogP contribution in [-0.4, -0.2) is 11.2 Å². The molecule has 0 heterocycles. The highest BCUT2D eigenvalue weighted by atomic mass is 32.2. The topological polar surface area (TPSA) is 0 Å². The molecule has 1 aliphatic rings. The lowest BCUT2D eigenvalue weighted by Crippen LogP contribution is -2.21. The van der Waals surface area contributed by atoms with E-state index in [0.717, 1.165) is 17.8 Å². The highest BCUT2D eigenvalue weighted by Crippen LogP contribution is 2.64. The van der Waals surface area contributed by atoms with Crippen molar-refractivity contribution in [2.75, 3.05) is 0 Å². The molecule has 1 saturated carbocycles. The van der Waals surface area contributed by atoms with Crippen LogP contribution in [0.4, 0.5) is 17.6 Å². The van der Waals surface area contributed by atoms with E-state index in [-0.39, 0.29) is 11.5 Å². The molecule has 0 aromatic heterocycles. The maximum absolute atomic E-state index is 13.9. The number of halogens is 4. The molecule has 2 rings (SSSR count). The van der Waals surface area contributed by atoms with Gasteiger partial charge in [0.15, 0.2) is 11.6 Å². The quantitative estimate of drug-likeness (QED) is 0.631. The fourth-order valence-electron chi connectivity index (χ4n) is 2.92. The van der Waals surface area contributed by atoms with E-state index in [1.54, 1.807) is 26.8 Å². The van der Waals surface area contributed by atoms with E-state index in [9.17, 15) is 17.6 Å². The predicted molar refractivity (Wildman–Crippen MR) is 78.8 cm³/mol. The van der Waals surface area contributed by atoms with Crippen LogP contribution < -0.4 is 0 Å². The van der Waals surface area contributed by atoms with Crippen molar-refractivity contribution in [3.05, 3.63) is 46.4 Å². The Balaban J connectivity index is 2.30. The number of rotatable bonds is 5. The number of aryl methyl sites for hydroxylation is 1. The van der Waals surface area contributed by atoms with Gasteiger partial charge in [-0.3, -0.25) is 0 Å². The molecule has 0 nitrogen and oxygen atoms in total. The van der Waals surface area contributed by atoms with Gasteiger partial charge >= 0.3 is 0 Å². The number of alkyl halides is 2. The van der Waals surface area contributed by atoms with E-state index in [4.69, 9.17) is 0 Å². The first-order valence-electron chi connectivity index (χ1n) is 6.77. The van der Waals surface area contributed by atoms with Crippen LogP contribution in [0.3, 0.4) is 0 Å². The van der Waals surface area contributed by atoms with Crippen molar-refractivity contribution in [2.45, 2.75) is 44.3 Å². The summed E-state index contributed by atoms with van der Waals surface area (Å²) in [7, 11) is 0. The van der Waals surface area contributed by atoms with Crippen molar-refractivity contribution in [2.24, 2.45) is 5.92 Å². The maximum atomic E-state index is 13.9. The first-order chi connectivity index (χ1) is 9.69. The van der Waals surface area contributed by atoms with Gasteiger partial charge in [-0.25, -0.2) is 17.6 Å². The Bertz CT molecular complexity index is 570. The van der Waals surface area contributed by atoms with Crippen LogP contribution in [0, 0.1) is 24.5 Å². The zero-order chi connectivity index (χ0) is 15.9. The molecule has 21 heavy (non-hydrogen) atoms. The van der Waals surface area contributed by atoms with Crippen LogP contribution in [0.5, 0.6) is 0 Å². The predicted octanol–water partition coefficient (Wildman–Crippen LogP) is 5.67. The monoisotopic (exact) mass is 318 g/mol. The summed E-state index contributed by atoms with van der Waals surface area (Å²) in [6, 6.07) is 2.66. The average Bonchev–Trinajstić information content (AvgIpc) is 3.07. The van der Waals surface area contributed by atoms with Crippen LogP contribution in [0.25, 0.3) is 0 Å². The van der Waals surface area contributed by atoms with Crippen LogP contribution in [0.2, 0.25) is 0 Å². The molecule has 1 aliphatic carbocycles. The molecule has 1 fully saturated rings. The molecule has 0 spiro atoms. The summed E-state index contributed by atoms with van der Waals surface area (Å²) >= 11 is 1.06. The molecule has 5 heteroatoms. The van der Waals surface area contributed by atoms with Gasteiger partial charge in [-0.2, -0.15) is 0 Å². The minimum atomic E-state index is -2.51. The Hall–Kier alpha value is -0.970. The fourth-order valence-corrected chi connectivity index (χ4v) is 4.28. The Morgan fingerprint density at radius 3 is 2.52 bits per heavy atom. The molecule has 0 radical (unpaired) electrons. The molecule has 116 valence electrons. The lowest BCUT2D eigenvalue weighted by Gasteiger charge is -2.20. The Kier molecular flexibility index (Phi) is 4.43. The summed E-state index contributed by atoms with van der Waals surface area (Å²) in [6.07, 6.45) is -2.22. The summed E-state index contributed by atoms with van der Waals surface area (Å²) in [6.45, 7) is 8.70. The number of hydrogen-bond donors (Lipinski definition) is 0. The summed E-state index contributed by atoms with van der Waals surface area (Å²) in [5, 5.41) is 0. The summed E-state index contributed by atoms with van der Waals surface area (Å²) in [5.74, 6) is -2.69. The van der Waals surface area contributed by atoms with E-state index in [2.05, 4.69) is 6.58 Å². The van der Waals surface area contributed by atoms with Crippen molar-refractivity contribution in [1.29, 1.82) is 0 Å². The van der Waals surface area contributed by atoms with Crippen LogP contribution in [-0.2, 0) is 0 Å². The number of benzene rings is 1. The van der Waals surface area contributed by atoms with Gasteiger partial charge in [0.25, 0.3) is 6.43 Å². The fraction of sp³-hybridized carbons (Fsp3) is 0.500. The van der Waals surface area contributed by atoms with Gasteiger partial charge in [-0.15, -0.1) is 11.8 Å². The van der Waals surface area contributed by atoms with Crippen molar-refractivity contribution in [3.63, 3.8) is 0 Å². The van der Waals surface area contributed by atoms with Crippen LogP contribution in [0.1, 0.15) is 37.3 Å². The summed E-state index contributed by atoms with van der Waals surface area (Å²) in [5.41, 5.74) is 0.772. The Morgan fingerprint density at radius 2 is 2.00 bits per heavy atom. The molecule has 1 aromatic carbocycles. The average molecular weight is 318 g/mol. The minimum Gasteiger partial charge on any atom is -0.209 e. The highest BCUT2D eigenvalue weighted by molar-refractivity contribution is 8.04. The van der Waals surface area contributed by atoms with E-state index < -0.39 is 28.7 Å². The lowest BCUT2D eigenvalue weighted by atomic mass is 9.93. The second kappa shape index (κ2) is 5.67. The summed E-state index contributed by atoms with van der Waals surface area (Å²) < 4.78 is 53.0. The Labute approximate surface area is 126 Å². The number of allylic oxidation sites excluding steroid dienone is 1. The molecule has 0 aliphatic heterocycles. The first-order valence-corrected chi connectivity index (χ1v) is 7.59. The van der Waals surface area contributed by atoms with Crippen LogP contribution in [0.15, 0.2) is 23.6 Å². The van der Waals surface area contributed by atoms with Crippen molar-refractivity contribution < 1.29 is 17.6 Å². The molecule has 2 unspecified atom stereocenters. The molecule has 3 atom stereocenters. The van der Waals surface area contributed by atoms with Crippen molar-refractivity contribution in [1.82, 2.24) is 0 Å². The van der Waals surface area contributed by atoms with Crippen LogP contribution >= 0.6 is 11.8 Å². The van der Waals surface area contributed by atoms with Crippen molar-refractivity contribution in [3.8, 4) is 0 Å². The summed E-state index contributed by atoms with van der Waals surface area (Å²) in [4.78, 5) is 0.612. The van der Waals surface area contributed by atoms with Gasteiger partial charge in [0.2, 0.25) is 0 Å². The molecule has 0 saturated heterocycles.